The summed E-state index contributed by atoms with van der Waals surface area (Å²) < 4.78 is 0. The normalized spacial score (nSPS) is 8.74. The van der Waals surface area contributed by atoms with Crippen LogP contribution in [-0.2, 0) is 4.79 Å². The Morgan fingerprint density at radius 3 is 1.44 bits per heavy atom. The Morgan fingerprint density at radius 1 is 0.815 bits per heavy atom. The SMILES string of the molecule is CN(C)C=O.C[SiH](C)c1cc[c-]cc1.C[SiH](C)c1ccc(C=O)cc1.[Br-].[Mg+2]. The number of rotatable bonds is 4. The second-order valence-corrected chi connectivity index (χ2v) is 12.4. The predicted molar refractivity (Wildman–Crippen MR) is 120 cm³/mol. The summed E-state index contributed by atoms with van der Waals surface area (Å²) in [5.74, 6) is 0. The summed E-state index contributed by atoms with van der Waals surface area (Å²) >= 11 is 0. The average Bonchev–Trinajstić information content (AvgIpc) is 2.63. The topological polar surface area (TPSA) is 37.4 Å². The van der Waals surface area contributed by atoms with Crippen molar-refractivity contribution in [1.29, 1.82) is 0 Å². The first-order chi connectivity index (χ1) is 11.8. The van der Waals surface area contributed by atoms with Crippen molar-refractivity contribution >= 4 is 63.7 Å². The van der Waals surface area contributed by atoms with Crippen LogP contribution in [0.3, 0.4) is 0 Å². The maximum atomic E-state index is 10.3. The van der Waals surface area contributed by atoms with E-state index in [1.807, 2.05) is 24.3 Å². The Morgan fingerprint density at radius 2 is 1.19 bits per heavy atom. The number of benzene rings is 2. The van der Waals surface area contributed by atoms with Crippen LogP contribution in [-0.4, -0.2) is 72.3 Å². The number of hydrogen-bond donors (Lipinski definition) is 0. The van der Waals surface area contributed by atoms with E-state index in [4.69, 9.17) is 0 Å². The van der Waals surface area contributed by atoms with Crippen molar-refractivity contribution in [3.05, 3.63) is 60.2 Å². The van der Waals surface area contributed by atoms with Gasteiger partial charge in [-0.2, -0.15) is 35.5 Å². The van der Waals surface area contributed by atoms with Crippen molar-refractivity contribution in [2.75, 3.05) is 14.1 Å². The van der Waals surface area contributed by atoms with Gasteiger partial charge >= 0.3 is 23.1 Å². The zero-order valence-electron chi connectivity index (χ0n) is 17.3. The summed E-state index contributed by atoms with van der Waals surface area (Å²) in [6, 6.07) is 19.2. The van der Waals surface area contributed by atoms with Crippen LogP contribution in [0, 0.1) is 6.07 Å². The minimum absolute atomic E-state index is 0. The van der Waals surface area contributed by atoms with E-state index in [0.717, 1.165) is 18.3 Å². The van der Waals surface area contributed by atoms with E-state index in [1.165, 1.54) is 15.3 Å². The van der Waals surface area contributed by atoms with Crippen molar-refractivity contribution in [1.82, 2.24) is 4.90 Å². The summed E-state index contributed by atoms with van der Waals surface area (Å²) in [5, 5.41) is 2.93. The molecule has 0 bridgehead atoms. The van der Waals surface area contributed by atoms with Gasteiger partial charge in [-0.25, -0.2) is 0 Å². The van der Waals surface area contributed by atoms with Crippen LogP contribution in [0.5, 0.6) is 0 Å². The van der Waals surface area contributed by atoms with Crippen molar-refractivity contribution in [2.45, 2.75) is 26.2 Å². The standard InChI is InChI=1S/C9H12OSi.C8H11Si.C3H7NO.BrH.Mg/c1-11(2)9-5-3-8(7-10)4-6-9;1-9(2)8-6-4-3-5-7-8;1-4(2)3-5;;/h3-7,11H,1-2H3;4-7,9H,1-2H3;3H,1-2H3;1H;/q;-1;;;+2/p-1. The third-order valence-electron chi connectivity index (χ3n) is 3.36. The van der Waals surface area contributed by atoms with Gasteiger partial charge in [-0.3, -0.25) is 9.59 Å². The first kappa shape index (κ1) is 31.0. The van der Waals surface area contributed by atoms with E-state index in [0.29, 0.717) is 0 Å². The molecule has 0 spiro atoms. The molecule has 3 nitrogen and oxygen atoms in total. The third-order valence-corrected chi connectivity index (χ3v) is 6.80. The van der Waals surface area contributed by atoms with Gasteiger partial charge in [0, 0.05) is 28.5 Å². The number of amides is 1. The second kappa shape index (κ2) is 18.6. The zero-order chi connectivity index (χ0) is 19.2. The summed E-state index contributed by atoms with van der Waals surface area (Å²) in [6.07, 6.45) is 1.63. The Bertz CT molecular complexity index is 609. The number of halogens is 1. The van der Waals surface area contributed by atoms with Crippen LogP contribution in [0.2, 0.25) is 26.2 Å². The molecule has 0 aliphatic heterocycles. The summed E-state index contributed by atoms with van der Waals surface area (Å²) in [5.41, 5.74) is 0.767. The number of carbonyl (C=O) groups excluding carboxylic acids is 2. The van der Waals surface area contributed by atoms with Crippen LogP contribution < -0.4 is 27.4 Å². The first-order valence-electron chi connectivity index (χ1n) is 8.44. The van der Waals surface area contributed by atoms with Gasteiger partial charge in [-0.05, 0) is 0 Å². The summed E-state index contributed by atoms with van der Waals surface area (Å²) in [6.45, 7) is 9.20. The van der Waals surface area contributed by atoms with Crippen molar-refractivity contribution < 1.29 is 26.6 Å². The van der Waals surface area contributed by atoms with Crippen LogP contribution >= 0.6 is 0 Å². The Balaban J connectivity index is -0.000000329. The fourth-order valence-corrected chi connectivity index (χ4v) is 3.67. The maximum absolute atomic E-state index is 10.3. The van der Waals surface area contributed by atoms with Gasteiger partial charge in [0.15, 0.2) is 0 Å². The predicted octanol–water partition coefficient (Wildman–Crippen LogP) is -1.30. The first-order valence-corrected chi connectivity index (χ1v) is 14.2. The molecule has 0 aliphatic rings. The molecule has 1 amide bonds. The van der Waals surface area contributed by atoms with Gasteiger partial charge in [0.25, 0.3) is 0 Å². The van der Waals surface area contributed by atoms with Crippen molar-refractivity contribution in [3.63, 3.8) is 0 Å². The summed E-state index contributed by atoms with van der Waals surface area (Å²) in [4.78, 5) is 21.2. The number of aldehydes is 1. The average molecular weight is 477 g/mol. The molecule has 0 atom stereocenters. The number of carbonyl (C=O) groups is 2. The minimum atomic E-state index is -0.676. The van der Waals surface area contributed by atoms with E-state index >= 15 is 0 Å². The molecule has 27 heavy (non-hydrogen) atoms. The molecule has 2 aromatic rings. The molecule has 0 N–H and O–H groups in total. The monoisotopic (exact) mass is 475 g/mol. The van der Waals surface area contributed by atoms with Gasteiger partial charge in [-0.15, -0.1) is 0 Å². The van der Waals surface area contributed by atoms with Gasteiger partial charge in [0.05, 0.1) is 8.80 Å². The van der Waals surface area contributed by atoms with Crippen LogP contribution in [0.15, 0.2) is 48.5 Å². The molecule has 0 aliphatic carbocycles. The summed E-state index contributed by atoms with van der Waals surface area (Å²) in [7, 11) is 2.15. The molecule has 144 valence electrons. The molecule has 0 unspecified atom stereocenters. The van der Waals surface area contributed by atoms with Crippen molar-refractivity contribution in [3.8, 4) is 0 Å². The van der Waals surface area contributed by atoms with Gasteiger partial charge in [0.1, 0.15) is 6.29 Å². The molecule has 0 aromatic heterocycles. The second-order valence-electron chi connectivity index (χ2n) is 6.50. The van der Waals surface area contributed by atoms with E-state index < -0.39 is 17.6 Å². The molecular formula is C20H30BrMgNO2Si2. The molecule has 0 saturated heterocycles. The third kappa shape index (κ3) is 16.0. The van der Waals surface area contributed by atoms with E-state index in [1.54, 1.807) is 14.1 Å². The van der Waals surface area contributed by atoms with Gasteiger partial charge in [-0.1, -0.05) is 55.6 Å². The quantitative estimate of drug-likeness (QED) is 0.313. The molecular weight excluding hydrogens is 447 g/mol. The number of nitrogens with zero attached hydrogens (tertiary/aromatic N) is 1. The molecule has 0 fully saturated rings. The molecule has 0 radical (unpaired) electrons. The van der Waals surface area contributed by atoms with E-state index in [-0.39, 0.29) is 40.0 Å². The molecule has 7 heteroatoms. The Labute approximate surface area is 194 Å². The van der Waals surface area contributed by atoms with E-state index in [2.05, 4.69) is 56.5 Å². The molecule has 0 heterocycles. The maximum Gasteiger partial charge on any atom is 2.00 e. The van der Waals surface area contributed by atoms with E-state index in [9.17, 15) is 9.59 Å². The Kier molecular flexibility index (Phi) is 21.4. The van der Waals surface area contributed by atoms with Crippen molar-refractivity contribution in [2.24, 2.45) is 0 Å². The fraction of sp³-hybridized carbons (Fsp3) is 0.300. The largest absolute Gasteiger partial charge is 2.00 e. The molecule has 0 saturated carbocycles. The minimum Gasteiger partial charge on any atom is -1.00 e. The molecule has 2 rings (SSSR count). The van der Waals surface area contributed by atoms with Gasteiger partial charge in [0.2, 0.25) is 6.41 Å². The smallest absolute Gasteiger partial charge is 1.00 e. The molecule has 2 aromatic carbocycles. The van der Waals surface area contributed by atoms with Gasteiger partial charge < -0.3 is 21.9 Å². The van der Waals surface area contributed by atoms with Crippen LogP contribution in [0.1, 0.15) is 10.4 Å². The Hall–Kier alpha value is -0.740. The van der Waals surface area contributed by atoms with Crippen LogP contribution in [0.4, 0.5) is 0 Å². The fourth-order valence-electron chi connectivity index (χ4n) is 1.74. The van der Waals surface area contributed by atoms with Crippen LogP contribution in [0.25, 0.3) is 0 Å². The number of hydrogen-bond acceptors (Lipinski definition) is 2. The zero-order valence-corrected chi connectivity index (χ0v) is 22.6.